The average Bonchev–Trinajstić information content (AvgIpc) is 3.27. The second kappa shape index (κ2) is 7.91. The van der Waals surface area contributed by atoms with Crippen molar-refractivity contribution >= 4 is 17.2 Å². The van der Waals surface area contributed by atoms with Gasteiger partial charge in [0.2, 0.25) is 0 Å². The normalized spacial score (nSPS) is 15.7. The number of carbonyl (C=O) groups is 1. The second-order valence-electron chi connectivity index (χ2n) is 7.37. The molecule has 29 heavy (non-hydrogen) atoms. The molecule has 150 valence electrons. The van der Waals surface area contributed by atoms with E-state index in [2.05, 4.69) is 18.4 Å². The first-order valence-electron chi connectivity index (χ1n) is 9.70. The SMILES string of the molecule is COc1cc2c(cc1OC)C(c1cccs1)N(C(=O)c1ccc(C)c(C)c1)CC2. The van der Waals surface area contributed by atoms with Gasteiger partial charge in [-0.05, 0) is 78.2 Å². The Morgan fingerprint density at radius 3 is 2.45 bits per heavy atom. The van der Waals surface area contributed by atoms with Crippen LogP contribution in [-0.2, 0) is 6.42 Å². The molecule has 5 heteroatoms. The van der Waals surface area contributed by atoms with Crippen LogP contribution in [0.3, 0.4) is 0 Å². The molecule has 0 fully saturated rings. The first-order valence-corrected chi connectivity index (χ1v) is 10.6. The largest absolute Gasteiger partial charge is 0.493 e. The van der Waals surface area contributed by atoms with Gasteiger partial charge < -0.3 is 14.4 Å². The maximum Gasteiger partial charge on any atom is 0.254 e. The molecule has 3 aromatic rings. The summed E-state index contributed by atoms with van der Waals surface area (Å²) in [6.45, 7) is 4.77. The minimum atomic E-state index is -0.132. The Morgan fingerprint density at radius 2 is 1.79 bits per heavy atom. The first kappa shape index (κ1) is 19.5. The summed E-state index contributed by atoms with van der Waals surface area (Å²) in [5.41, 5.74) is 5.36. The van der Waals surface area contributed by atoms with Gasteiger partial charge in [-0.15, -0.1) is 11.3 Å². The van der Waals surface area contributed by atoms with E-state index in [0.29, 0.717) is 12.3 Å². The highest BCUT2D eigenvalue weighted by Gasteiger charge is 2.34. The third-order valence-corrected chi connectivity index (χ3v) is 6.63. The summed E-state index contributed by atoms with van der Waals surface area (Å²) in [7, 11) is 3.30. The zero-order valence-corrected chi connectivity index (χ0v) is 18.0. The summed E-state index contributed by atoms with van der Waals surface area (Å²) >= 11 is 1.67. The fraction of sp³-hybridized carbons (Fsp3) is 0.292. The highest BCUT2D eigenvalue weighted by atomic mass is 32.1. The lowest BCUT2D eigenvalue weighted by Gasteiger charge is -2.37. The topological polar surface area (TPSA) is 38.8 Å². The molecule has 0 bridgehead atoms. The average molecular weight is 408 g/mol. The lowest BCUT2D eigenvalue weighted by atomic mass is 9.90. The Morgan fingerprint density at radius 1 is 1.03 bits per heavy atom. The lowest BCUT2D eigenvalue weighted by molar-refractivity contribution is 0.0696. The molecule has 0 N–H and O–H groups in total. The van der Waals surface area contributed by atoms with Crippen molar-refractivity contribution in [1.29, 1.82) is 0 Å². The van der Waals surface area contributed by atoms with E-state index in [0.717, 1.165) is 33.7 Å². The van der Waals surface area contributed by atoms with Crippen LogP contribution < -0.4 is 9.47 Å². The molecule has 1 aliphatic heterocycles. The summed E-state index contributed by atoms with van der Waals surface area (Å²) in [5, 5.41) is 2.06. The minimum absolute atomic E-state index is 0.0620. The Labute approximate surface area is 175 Å². The van der Waals surface area contributed by atoms with Crippen LogP contribution in [0, 0.1) is 13.8 Å². The van der Waals surface area contributed by atoms with E-state index in [1.165, 1.54) is 11.1 Å². The number of methoxy groups -OCH3 is 2. The molecule has 1 aliphatic rings. The Hall–Kier alpha value is -2.79. The molecule has 2 aromatic carbocycles. The lowest BCUT2D eigenvalue weighted by Crippen LogP contribution is -2.40. The summed E-state index contributed by atoms with van der Waals surface area (Å²) < 4.78 is 11.0. The van der Waals surface area contributed by atoms with Crippen LogP contribution in [0.5, 0.6) is 11.5 Å². The number of thiophene rings is 1. The van der Waals surface area contributed by atoms with Gasteiger partial charge in [0.25, 0.3) is 5.91 Å². The molecule has 4 rings (SSSR count). The third kappa shape index (κ3) is 3.51. The number of carbonyl (C=O) groups excluding carboxylic acids is 1. The van der Waals surface area contributed by atoms with Crippen LogP contribution >= 0.6 is 11.3 Å². The molecule has 1 unspecified atom stereocenters. The van der Waals surface area contributed by atoms with Crippen molar-refractivity contribution in [3.63, 3.8) is 0 Å². The number of fused-ring (bicyclic) bond motifs is 1. The fourth-order valence-electron chi connectivity index (χ4n) is 3.96. The number of rotatable bonds is 4. The number of hydrogen-bond donors (Lipinski definition) is 0. The molecule has 4 nitrogen and oxygen atoms in total. The van der Waals surface area contributed by atoms with Gasteiger partial charge in [0, 0.05) is 17.0 Å². The monoisotopic (exact) mass is 407 g/mol. The molecule has 0 saturated carbocycles. The maximum absolute atomic E-state index is 13.5. The van der Waals surface area contributed by atoms with Gasteiger partial charge in [-0.1, -0.05) is 12.1 Å². The van der Waals surface area contributed by atoms with Crippen molar-refractivity contribution in [2.24, 2.45) is 0 Å². The van der Waals surface area contributed by atoms with Crippen molar-refractivity contribution < 1.29 is 14.3 Å². The molecule has 1 atom stereocenters. The van der Waals surface area contributed by atoms with Gasteiger partial charge in [0.1, 0.15) is 0 Å². The van der Waals surface area contributed by atoms with E-state index in [-0.39, 0.29) is 11.9 Å². The predicted octanol–water partition coefficient (Wildman–Crippen LogP) is 5.17. The van der Waals surface area contributed by atoms with E-state index in [4.69, 9.17) is 9.47 Å². The van der Waals surface area contributed by atoms with Crippen molar-refractivity contribution in [3.8, 4) is 11.5 Å². The van der Waals surface area contributed by atoms with Crippen molar-refractivity contribution in [2.45, 2.75) is 26.3 Å². The summed E-state index contributed by atoms with van der Waals surface area (Å²) in [6.07, 6.45) is 0.786. The van der Waals surface area contributed by atoms with Gasteiger partial charge in [0.15, 0.2) is 11.5 Å². The molecule has 2 heterocycles. The standard InChI is InChI=1S/C24H25NO3S/c1-15-7-8-18(12-16(15)2)24(26)25-10-9-17-13-20(27-3)21(28-4)14-19(17)23(25)22-6-5-11-29-22/h5-8,11-14,23H,9-10H2,1-4H3. The van der Waals surface area contributed by atoms with Crippen molar-refractivity contribution in [1.82, 2.24) is 4.90 Å². The van der Waals surface area contributed by atoms with Gasteiger partial charge in [-0.25, -0.2) is 0 Å². The van der Waals surface area contributed by atoms with Gasteiger partial charge in [-0.2, -0.15) is 0 Å². The zero-order valence-electron chi connectivity index (χ0n) is 17.2. The highest BCUT2D eigenvalue weighted by molar-refractivity contribution is 7.10. The Balaban J connectivity index is 1.81. The van der Waals surface area contributed by atoms with E-state index in [1.54, 1.807) is 25.6 Å². The molecule has 1 aromatic heterocycles. The summed E-state index contributed by atoms with van der Waals surface area (Å²) in [5.74, 6) is 1.48. The molecule has 1 amide bonds. The number of nitrogens with zero attached hydrogens (tertiary/aromatic N) is 1. The van der Waals surface area contributed by atoms with Crippen LogP contribution in [0.2, 0.25) is 0 Å². The highest BCUT2D eigenvalue weighted by Crippen LogP contribution is 2.42. The van der Waals surface area contributed by atoms with Crippen LogP contribution in [0.25, 0.3) is 0 Å². The van der Waals surface area contributed by atoms with Gasteiger partial charge >= 0.3 is 0 Å². The zero-order chi connectivity index (χ0) is 20.5. The molecule has 0 saturated heterocycles. The van der Waals surface area contributed by atoms with Crippen molar-refractivity contribution in [3.05, 3.63) is 80.5 Å². The molecule has 0 spiro atoms. The van der Waals surface area contributed by atoms with Gasteiger partial charge in [0.05, 0.1) is 20.3 Å². The number of hydrogen-bond acceptors (Lipinski definition) is 4. The summed E-state index contributed by atoms with van der Waals surface area (Å²) in [6, 6.07) is 14.0. The minimum Gasteiger partial charge on any atom is -0.493 e. The maximum atomic E-state index is 13.5. The number of amides is 1. The predicted molar refractivity (Wildman–Crippen MR) is 116 cm³/mol. The van der Waals surface area contributed by atoms with Crippen LogP contribution in [0.1, 0.15) is 43.5 Å². The van der Waals surface area contributed by atoms with Crippen LogP contribution in [0.15, 0.2) is 47.8 Å². The van der Waals surface area contributed by atoms with E-state index < -0.39 is 0 Å². The first-order chi connectivity index (χ1) is 14.0. The third-order valence-electron chi connectivity index (χ3n) is 5.70. The van der Waals surface area contributed by atoms with E-state index in [9.17, 15) is 4.79 Å². The second-order valence-corrected chi connectivity index (χ2v) is 8.35. The van der Waals surface area contributed by atoms with Crippen LogP contribution in [0.4, 0.5) is 0 Å². The molecular weight excluding hydrogens is 382 g/mol. The Kier molecular flexibility index (Phi) is 5.33. The smallest absolute Gasteiger partial charge is 0.254 e. The number of benzene rings is 2. The van der Waals surface area contributed by atoms with E-state index in [1.807, 2.05) is 48.2 Å². The Bertz CT molecular complexity index is 1040. The molecule has 0 aliphatic carbocycles. The summed E-state index contributed by atoms with van der Waals surface area (Å²) in [4.78, 5) is 16.7. The number of aryl methyl sites for hydroxylation is 2. The van der Waals surface area contributed by atoms with Crippen molar-refractivity contribution in [2.75, 3.05) is 20.8 Å². The molecular formula is C24H25NO3S. The van der Waals surface area contributed by atoms with E-state index >= 15 is 0 Å². The molecule has 0 radical (unpaired) electrons. The van der Waals surface area contributed by atoms with Gasteiger partial charge in [-0.3, -0.25) is 4.79 Å². The van der Waals surface area contributed by atoms with Crippen LogP contribution in [-0.4, -0.2) is 31.6 Å². The number of ether oxygens (including phenoxy) is 2. The quantitative estimate of drug-likeness (QED) is 0.599. The fourth-order valence-corrected chi connectivity index (χ4v) is 4.81.